The van der Waals surface area contributed by atoms with Crippen molar-refractivity contribution in [2.75, 3.05) is 0 Å². The van der Waals surface area contributed by atoms with E-state index in [0.29, 0.717) is 5.56 Å². The van der Waals surface area contributed by atoms with E-state index in [4.69, 9.17) is 9.47 Å². The predicted octanol–water partition coefficient (Wildman–Crippen LogP) is 5.87. The van der Waals surface area contributed by atoms with Crippen LogP contribution in [0.2, 0.25) is 0 Å². The minimum atomic E-state index is -0.668. The summed E-state index contributed by atoms with van der Waals surface area (Å²) in [7, 11) is 0. The fourth-order valence-corrected chi connectivity index (χ4v) is 3.45. The molecule has 168 valence electrons. The summed E-state index contributed by atoms with van der Waals surface area (Å²) in [5.74, 6) is -2.44. The van der Waals surface area contributed by atoms with Gasteiger partial charge in [0.05, 0.1) is 12.3 Å². The number of hydrogen-bond acceptors (Lipinski definition) is 4. The van der Waals surface area contributed by atoms with E-state index in [0.717, 1.165) is 16.7 Å². The second kappa shape index (κ2) is 10.1. The highest BCUT2D eigenvalue weighted by molar-refractivity contribution is 5.80. The van der Waals surface area contributed by atoms with Gasteiger partial charge in [0.1, 0.15) is 17.5 Å². The first-order valence-corrected chi connectivity index (χ1v) is 10.6. The molecular formula is C26H33FO4. The molecule has 0 fully saturated rings. The van der Waals surface area contributed by atoms with Crippen molar-refractivity contribution in [1.29, 1.82) is 0 Å². The largest absolute Gasteiger partial charge is 0.461 e. The summed E-state index contributed by atoms with van der Waals surface area (Å²) in [5, 5.41) is 0. The van der Waals surface area contributed by atoms with Gasteiger partial charge in [0.2, 0.25) is 0 Å². The zero-order valence-corrected chi connectivity index (χ0v) is 19.5. The maximum atomic E-state index is 14.8. The third kappa shape index (κ3) is 7.20. The lowest BCUT2D eigenvalue weighted by molar-refractivity contribution is -0.163. The number of rotatable bonds is 7. The number of ether oxygens (including phenoxy) is 2. The molecule has 31 heavy (non-hydrogen) atoms. The van der Waals surface area contributed by atoms with Crippen LogP contribution in [-0.4, -0.2) is 23.6 Å². The summed E-state index contributed by atoms with van der Waals surface area (Å²) in [5.41, 5.74) is 2.61. The molecule has 4 nitrogen and oxygen atoms in total. The number of aryl methyl sites for hydroxylation is 2. The average molecular weight is 429 g/mol. The smallest absolute Gasteiger partial charge is 0.309 e. The fraction of sp³-hybridized carbons (Fsp3) is 0.462. The topological polar surface area (TPSA) is 52.6 Å². The van der Waals surface area contributed by atoms with Crippen LogP contribution in [0.4, 0.5) is 4.39 Å². The highest BCUT2D eigenvalue weighted by atomic mass is 19.1. The molecule has 0 N–H and O–H groups in total. The van der Waals surface area contributed by atoms with E-state index in [1.807, 2.05) is 44.2 Å². The third-order valence-corrected chi connectivity index (χ3v) is 4.99. The van der Waals surface area contributed by atoms with Crippen molar-refractivity contribution in [3.05, 3.63) is 70.5 Å². The monoisotopic (exact) mass is 428 g/mol. The van der Waals surface area contributed by atoms with Crippen LogP contribution in [-0.2, 0) is 19.1 Å². The molecule has 0 aromatic heterocycles. The van der Waals surface area contributed by atoms with Crippen molar-refractivity contribution in [1.82, 2.24) is 0 Å². The summed E-state index contributed by atoms with van der Waals surface area (Å²) in [6.07, 6.45) is -0.704. The highest BCUT2D eigenvalue weighted by Gasteiger charge is 2.30. The van der Waals surface area contributed by atoms with Crippen molar-refractivity contribution in [3.8, 4) is 0 Å². The van der Waals surface area contributed by atoms with E-state index in [-0.39, 0.29) is 12.2 Å². The molecule has 0 bridgehead atoms. The van der Waals surface area contributed by atoms with Gasteiger partial charge in [-0.05, 0) is 64.3 Å². The minimum absolute atomic E-state index is 0.0725. The van der Waals surface area contributed by atoms with Crippen LogP contribution in [0.5, 0.6) is 0 Å². The van der Waals surface area contributed by atoms with Crippen LogP contribution in [0.3, 0.4) is 0 Å². The quantitative estimate of drug-likeness (QED) is 0.517. The fourth-order valence-electron chi connectivity index (χ4n) is 3.45. The van der Waals surface area contributed by atoms with Gasteiger partial charge >= 0.3 is 11.9 Å². The Kier molecular flexibility index (Phi) is 7.99. The van der Waals surface area contributed by atoms with Crippen LogP contribution in [0.15, 0.2) is 42.5 Å². The summed E-state index contributed by atoms with van der Waals surface area (Å²) in [4.78, 5) is 24.8. The zero-order valence-electron chi connectivity index (χ0n) is 19.5. The van der Waals surface area contributed by atoms with E-state index >= 15 is 0 Å². The average Bonchev–Trinajstić information content (AvgIpc) is 2.63. The number of carbonyl (C=O) groups excluding carboxylic acids is 2. The highest BCUT2D eigenvalue weighted by Crippen LogP contribution is 2.33. The number of halogens is 1. The van der Waals surface area contributed by atoms with Crippen LogP contribution in [0, 0.1) is 25.6 Å². The molecule has 0 unspecified atom stereocenters. The van der Waals surface area contributed by atoms with Crippen molar-refractivity contribution >= 4 is 11.9 Å². The molecule has 2 rings (SSSR count). The molecule has 0 aliphatic carbocycles. The zero-order chi connectivity index (χ0) is 23.3. The lowest BCUT2D eigenvalue weighted by Crippen LogP contribution is -2.30. The van der Waals surface area contributed by atoms with Gasteiger partial charge in [-0.25, -0.2) is 4.39 Å². The molecule has 2 aromatic rings. The van der Waals surface area contributed by atoms with Gasteiger partial charge in [0.15, 0.2) is 0 Å². The first-order chi connectivity index (χ1) is 14.4. The van der Waals surface area contributed by atoms with Gasteiger partial charge < -0.3 is 9.47 Å². The van der Waals surface area contributed by atoms with Crippen molar-refractivity contribution in [2.24, 2.45) is 5.92 Å². The SMILES string of the molecule is Cc1ccc([C@H](c2ccc(C)cc2F)[C@H](C)OC(=O)[C@H](C)CC(=O)OC(C)(C)C)cc1. The first-order valence-electron chi connectivity index (χ1n) is 10.6. The molecule has 0 aliphatic rings. The molecule has 2 aromatic carbocycles. The van der Waals surface area contributed by atoms with Crippen molar-refractivity contribution in [3.63, 3.8) is 0 Å². The molecule has 0 radical (unpaired) electrons. The standard InChI is InChI=1S/C26H33FO4/c1-16-8-11-20(12-9-16)24(21-13-10-17(2)14-22(21)27)19(4)30-25(29)18(3)15-23(28)31-26(5,6)7/h8-14,18-19,24H,15H2,1-7H3/t18-,19+,24-/m1/s1. The molecule has 5 heteroatoms. The van der Waals surface area contributed by atoms with E-state index in [2.05, 4.69) is 0 Å². The number of hydrogen-bond donors (Lipinski definition) is 0. The van der Waals surface area contributed by atoms with Gasteiger partial charge in [0.25, 0.3) is 0 Å². The normalized spacial score (nSPS) is 14.5. The summed E-state index contributed by atoms with van der Waals surface area (Å²) in [6.45, 7) is 12.5. The van der Waals surface area contributed by atoms with Crippen molar-refractivity contribution in [2.45, 2.75) is 72.5 Å². The van der Waals surface area contributed by atoms with Crippen LogP contribution < -0.4 is 0 Å². The molecule has 3 atom stereocenters. The Bertz CT molecular complexity index is 912. The van der Waals surface area contributed by atoms with Crippen LogP contribution >= 0.6 is 0 Å². The summed E-state index contributed by atoms with van der Waals surface area (Å²) >= 11 is 0. The molecular weight excluding hydrogens is 395 g/mol. The molecule has 0 spiro atoms. The van der Waals surface area contributed by atoms with Gasteiger partial charge in [-0.15, -0.1) is 0 Å². The van der Waals surface area contributed by atoms with Crippen molar-refractivity contribution < 1.29 is 23.5 Å². The Hall–Kier alpha value is -2.69. The lowest BCUT2D eigenvalue weighted by Gasteiger charge is -2.27. The Morgan fingerprint density at radius 3 is 2.10 bits per heavy atom. The lowest BCUT2D eigenvalue weighted by atomic mass is 9.86. The van der Waals surface area contributed by atoms with E-state index in [1.165, 1.54) is 6.07 Å². The van der Waals surface area contributed by atoms with Gasteiger partial charge in [-0.3, -0.25) is 9.59 Å². The molecule has 0 saturated carbocycles. The van der Waals surface area contributed by atoms with E-state index < -0.39 is 35.5 Å². The summed E-state index contributed by atoms with van der Waals surface area (Å²) in [6, 6.07) is 12.8. The Balaban J connectivity index is 2.23. The first kappa shape index (κ1) is 24.6. The number of esters is 2. The molecule has 0 amide bonds. The van der Waals surface area contributed by atoms with Crippen LogP contribution in [0.1, 0.15) is 69.2 Å². The van der Waals surface area contributed by atoms with Gasteiger partial charge in [-0.1, -0.05) is 48.9 Å². The Morgan fingerprint density at radius 1 is 0.968 bits per heavy atom. The number of carbonyl (C=O) groups is 2. The maximum absolute atomic E-state index is 14.8. The van der Waals surface area contributed by atoms with Crippen LogP contribution in [0.25, 0.3) is 0 Å². The molecule has 0 heterocycles. The second-order valence-electron chi connectivity index (χ2n) is 9.25. The molecule has 0 saturated heterocycles. The Morgan fingerprint density at radius 2 is 1.55 bits per heavy atom. The number of benzene rings is 2. The third-order valence-electron chi connectivity index (χ3n) is 4.99. The second-order valence-corrected chi connectivity index (χ2v) is 9.25. The van der Waals surface area contributed by atoms with Gasteiger partial charge in [-0.2, -0.15) is 0 Å². The maximum Gasteiger partial charge on any atom is 0.309 e. The Labute approximate surface area is 184 Å². The molecule has 0 aliphatic heterocycles. The van der Waals surface area contributed by atoms with Gasteiger partial charge in [0, 0.05) is 5.92 Å². The summed E-state index contributed by atoms with van der Waals surface area (Å²) < 4.78 is 25.9. The minimum Gasteiger partial charge on any atom is -0.461 e. The van der Waals surface area contributed by atoms with E-state index in [1.54, 1.807) is 40.7 Å². The van der Waals surface area contributed by atoms with E-state index in [9.17, 15) is 14.0 Å². The predicted molar refractivity (Wildman–Crippen MR) is 119 cm³/mol.